The van der Waals surface area contributed by atoms with E-state index in [1.54, 1.807) is 12.4 Å². The molecule has 0 aromatic carbocycles. The molecule has 72 valence electrons. The zero-order valence-corrected chi connectivity index (χ0v) is 9.62. The molecule has 0 spiro atoms. The molecule has 0 saturated heterocycles. The lowest BCUT2D eigenvalue weighted by molar-refractivity contribution is 0.865. The van der Waals surface area contributed by atoms with Gasteiger partial charge >= 0.3 is 0 Å². The quantitative estimate of drug-likeness (QED) is 0.780. The van der Waals surface area contributed by atoms with Gasteiger partial charge in [0.2, 0.25) is 0 Å². The number of aromatic nitrogens is 3. The summed E-state index contributed by atoms with van der Waals surface area (Å²) in [4.78, 5) is 8.34. The van der Waals surface area contributed by atoms with Crippen LogP contribution in [-0.4, -0.2) is 14.5 Å². The van der Waals surface area contributed by atoms with Gasteiger partial charge in [0.1, 0.15) is 10.4 Å². The van der Waals surface area contributed by atoms with Gasteiger partial charge in [-0.3, -0.25) is 4.98 Å². The second-order valence-electron chi connectivity index (χ2n) is 3.09. The molecular formula is C10H10BrN3. The molecule has 0 fully saturated rings. The Morgan fingerprint density at radius 2 is 1.93 bits per heavy atom. The summed E-state index contributed by atoms with van der Waals surface area (Å²) in [6.45, 7) is 1.98. The van der Waals surface area contributed by atoms with Gasteiger partial charge in [-0.25, -0.2) is 4.98 Å². The van der Waals surface area contributed by atoms with Crippen molar-refractivity contribution in [3.8, 4) is 11.3 Å². The molecule has 2 rings (SSSR count). The van der Waals surface area contributed by atoms with E-state index in [0.29, 0.717) is 0 Å². The van der Waals surface area contributed by atoms with E-state index >= 15 is 0 Å². The molecule has 0 atom stereocenters. The smallest absolute Gasteiger partial charge is 0.132 e. The molecule has 0 N–H and O–H groups in total. The molecule has 0 amide bonds. The molecule has 3 nitrogen and oxygen atoms in total. The lowest BCUT2D eigenvalue weighted by atomic mass is 10.2. The average Bonchev–Trinajstić information content (AvgIpc) is 2.43. The van der Waals surface area contributed by atoms with Crippen molar-refractivity contribution in [2.24, 2.45) is 7.05 Å². The fourth-order valence-corrected chi connectivity index (χ4v) is 2.14. The Morgan fingerprint density at radius 3 is 2.43 bits per heavy atom. The molecule has 14 heavy (non-hydrogen) atoms. The minimum atomic E-state index is 0.878. The van der Waals surface area contributed by atoms with Gasteiger partial charge in [-0.05, 0) is 35.0 Å². The molecular weight excluding hydrogens is 242 g/mol. The molecule has 0 aliphatic heterocycles. The first-order valence-electron chi connectivity index (χ1n) is 4.29. The van der Waals surface area contributed by atoms with Crippen molar-refractivity contribution in [1.29, 1.82) is 0 Å². The van der Waals surface area contributed by atoms with Gasteiger partial charge in [0.15, 0.2) is 0 Å². The first-order valence-corrected chi connectivity index (χ1v) is 5.08. The fourth-order valence-electron chi connectivity index (χ4n) is 1.39. The number of hydrogen-bond donors (Lipinski definition) is 0. The molecule has 0 saturated carbocycles. The Labute approximate surface area is 90.9 Å². The van der Waals surface area contributed by atoms with Crippen molar-refractivity contribution in [3.05, 3.63) is 35.0 Å². The molecule has 2 heterocycles. The minimum Gasteiger partial charge on any atom is -0.330 e. The SMILES string of the molecule is Cc1nc(Br)c(-c2ccncc2)n1C. The van der Waals surface area contributed by atoms with Crippen LogP contribution in [0.3, 0.4) is 0 Å². The van der Waals surface area contributed by atoms with Crippen LogP contribution in [-0.2, 0) is 7.05 Å². The first kappa shape index (κ1) is 9.40. The zero-order valence-electron chi connectivity index (χ0n) is 8.03. The highest BCUT2D eigenvalue weighted by Gasteiger charge is 2.10. The molecule has 2 aromatic heterocycles. The number of aryl methyl sites for hydroxylation is 1. The molecule has 0 bridgehead atoms. The predicted octanol–water partition coefficient (Wildman–Crippen LogP) is 2.55. The van der Waals surface area contributed by atoms with Crippen LogP contribution >= 0.6 is 15.9 Å². The van der Waals surface area contributed by atoms with E-state index in [0.717, 1.165) is 21.7 Å². The monoisotopic (exact) mass is 251 g/mol. The summed E-state index contributed by atoms with van der Waals surface area (Å²) >= 11 is 3.45. The van der Waals surface area contributed by atoms with Crippen LogP contribution in [0.4, 0.5) is 0 Å². The standard InChI is InChI=1S/C10H10BrN3/c1-7-13-10(11)9(14(7)2)8-3-5-12-6-4-8/h3-6H,1-2H3. The molecule has 0 unspecified atom stereocenters. The van der Waals surface area contributed by atoms with E-state index in [4.69, 9.17) is 0 Å². The molecule has 2 aromatic rings. The van der Waals surface area contributed by atoms with E-state index in [1.807, 2.05) is 26.1 Å². The van der Waals surface area contributed by atoms with Crippen molar-refractivity contribution in [2.45, 2.75) is 6.92 Å². The fraction of sp³-hybridized carbons (Fsp3) is 0.200. The topological polar surface area (TPSA) is 30.7 Å². The van der Waals surface area contributed by atoms with Crippen LogP contribution in [0.2, 0.25) is 0 Å². The second-order valence-corrected chi connectivity index (χ2v) is 3.84. The number of halogens is 1. The second kappa shape index (κ2) is 3.53. The highest BCUT2D eigenvalue weighted by atomic mass is 79.9. The lowest BCUT2D eigenvalue weighted by Gasteiger charge is -2.03. The first-order chi connectivity index (χ1) is 6.70. The summed E-state index contributed by atoms with van der Waals surface area (Å²) in [5.41, 5.74) is 2.21. The maximum atomic E-state index is 4.35. The van der Waals surface area contributed by atoms with E-state index in [-0.39, 0.29) is 0 Å². The predicted molar refractivity (Wildman–Crippen MR) is 58.9 cm³/mol. The van der Waals surface area contributed by atoms with Gasteiger partial charge in [0.25, 0.3) is 0 Å². The number of hydrogen-bond acceptors (Lipinski definition) is 2. The summed E-state index contributed by atoms with van der Waals surface area (Å²) in [7, 11) is 2.00. The number of imidazole rings is 1. The highest BCUT2D eigenvalue weighted by molar-refractivity contribution is 9.10. The van der Waals surface area contributed by atoms with E-state index in [1.165, 1.54) is 0 Å². The third-order valence-corrected chi connectivity index (χ3v) is 2.78. The average molecular weight is 252 g/mol. The maximum absolute atomic E-state index is 4.35. The Bertz CT molecular complexity index is 448. The summed E-state index contributed by atoms with van der Waals surface area (Å²) in [5, 5.41) is 0. The van der Waals surface area contributed by atoms with Crippen LogP contribution in [0.15, 0.2) is 29.1 Å². The number of pyridine rings is 1. The summed E-state index contributed by atoms with van der Waals surface area (Å²) < 4.78 is 2.93. The van der Waals surface area contributed by atoms with Crippen molar-refractivity contribution < 1.29 is 0 Å². The number of rotatable bonds is 1. The largest absolute Gasteiger partial charge is 0.330 e. The van der Waals surface area contributed by atoms with Crippen molar-refractivity contribution in [3.63, 3.8) is 0 Å². The van der Waals surface area contributed by atoms with Crippen LogP contribution < -0.4 is 0 Å². The Hall–Kier alpha value is -1.16. The van der Waals surface area contributed by atoms with Gasteiger partial charge in [0, 0.05) is 25.0 Å². The summed E-state index contributed by atoms with van der Waals surface area (Å²) in [5.74, 6) is 0.990. The van der Waals surface area contributed by atoms with Crippen LogP contribution in [0.25, 0.3) is 11.3 Å². The molecule has 0 aliphatic carbocycles. The Balaban J connectivity index is 2.62. The van der Waals surface area contributed by atoms with Crippen LogP contribution in [0.1, 0.15) is 5.82 Å². The van der Waals surface area contributed by atoms with Crippen molar-refractivity contribution in [1.82, 2.24) is 14.5 Å². The van der Waals surface area contributed by atoms with E-state index in [2.05, 4.69) is 30.5 Å². The van der Waals surface area contributed by atoms with Gasteiger partial charge in [0.05, 0.1) is 5.69 Å². The van der Waals surface area contributed by atoms with Crippen LogP contribution in [0, 0.1) is 6.92 Å². The lowest BCUT2D eigenvalue weighted by Crippen LogP contribution is -1.94. The van der Waals surface area contributed by atoms with Gasteiger partial charge in [-0.1, -0.05) is 0 Å². The van der Waals surface area contributed by atoms with Crippen LogP contribution in [0.5, 0.6) is 0 Å². The maximum Gasteiger partial charge on any atom is 0.132 e. The third-order valence-electron chi connectivity index (χ3n) is 2.23. The van der Waals surface area contributed by atoms with E-state index < -0.39 is 0 Å². The Morgan fingerprint density at radius 1 is 1.29 bits per heavy atom. The van der Waals surface area contributed by atoms with E-state index in [9.17, 15) is 0 Å². The Kier molecular flexibility index (Phi) is 2.37. The zero-order chi connectivity index (χ0) is 10.1. The molecule has 0 radical (unpaired) electrons. The van der Waals surface area contributed by atoms with Gasteiger partial charge < -0.3 is 4.57 Å². The van der Waals surface area contributed by atoms with Gasteiger partial charge in [-0.2, -0.15) is 0 Å². The van der Waals surface area contributed by atoms with Gasteiger partial charge in [-0.15, -0.1) is 0 Å². The molecule has 4 heteroatoms. The summed E-state index contributed by atoms with van der Waals surface area (Å²) in [6, 6.07) is 3.95. The summed E-state index contributed by atoms with van der Waals surface area (Å²) in [6.07, 6.45) is 3.56. The highest BCUT2D eigenvalue weighted by Crippen LogP contribution is 2.27. The third kappa shape index (κ3) is 1.46. The normalized spacial score (nSPS) is 10.5. The van der Waals surface area contributed by atoms with Crippen molar-refractivity contribution >= 4 is 15.9 Å². The minimum absolute atomic E-state index is 0.878. The molecule has 0 aliphatic rings. The number of nitrogens with zero attached hydrogens (tertiary/aromatic N) is 3. The van der Waals surface area contributed by atoms with Crippen molar-refractivity contribution in [2.75, 3.05) is 0 Å².